The van der Waals surface area contributed by atoms with Gasteiger partial charge in [0.2, 0.25) is 5.89 Å². The first-order chi connectivity index (χ1) is 7.78. The summed E-state index contributed by atoms with van der Waals surface area (Å²) < 4.78 is 10.7. The van der Waals surface area contributed by atoms with Gasteiger partial charge in [0, 0.05) is 19.6 Å². The third kappa shape index (κ3) is 3.01. The Morgan fingerprint density at radius 1 is 1.56 bits per heavy atom. The fraction of sp³-hybridized carbons (Fsp3) is 0.800. The number of hydrogen-bond donors (Lipinski definition) is 1. The van der Waals surface area contributed by atoms with Gasteiger partial charge in [-0.1, -0.05) is 5.16 Å². The fourth-order valence-corrected chi connectivity index (χ4v) is 1.87. The minimum atomic E-state index is 0.253. The molecule has 0 spiro atoms. The molecule has 1 aliphatic rings. The van der Waals surface area contributed by atoms with Crippen LogP contribution in [0.15, 0.2) is 4.52 Å². The van der Waals surface area contributed by atoms with Crippen molar-refractivity contribution in [3.8, 4) is 0 Å². The lowest BCUT2D eigenvalue weighted by atomic mass is 10.2. The summed E-state index contributed by atoms with van der Waals surface area (Å²) in [5.41, 5.74) is 0. The van der Waals surface area contributed by atoms with Gasteiger partial charge in [-0.15, -0.1) is 0 Å². The quantitative estimate of drug-likeness (QED) is 0.767. The molecule has 2 heterocycles. The zero-order valence-corrected chi connectivity index (χ0v) is 9.77. The molecular weight excluding hydrogens is 208 g/mol. The Morgan fingerprint density at radius 2 is 2.44 bits per heavy atom. The highest BCUT2D eigenvalue weighted by molar-refractivity contribution is 4.84. The van der Waals surface area contributed by atoms with E-state index in [4.69, 9.17) is 9.26 Å². The molecule has 0 aromatic carbocycles. The molecule has 6 nitrogen and oxygen atoms in total. The predicted octanol–water partition coefficient (Wildman–Crippen LogP) is -0.202. The van der Waals surface area contributed by atoms with E-state index < -0.39 is 0 Å². The van der Waals surface area contributed by atoms with Crippen molar-refractivity contribution in [3.05, 3.63) is 11.7 Å². The van der Waals surface area contributed by atoms with Crippen LogP contribution in [0, 0.1) is 6.92 Å². The third-order valence-electron chi connectivity index (χ3n) is 2.58. The molecule has 1 saturated heterocycles. The molecule has 1 atom stereocenters. The molecule has 0 radical (unpaired) electrons. The highest BCUT2D eigenvalue weighted by atomic mass is 16.5. The number of hydrogen-bond acceptors (Lipinski definition) is 6. The van der Waals surface area contributed by atoms with Gasteiger partial charge in [0.15, 0.2) is 5.82 Å². The molecule has 0 amide bonds. The molecule has 1 aromatic rings. The van der Waals surface area contributed by atoms with E-state index in [9.17, 15) is 0 Å². The van der Waals surface area contributed by atoms with Crippen LogP contribution in [0.4, 0.5) is 0 Å². The van der Waals surface area contributed by atoms with Gasteiger partial charge < -0.3 is 14.6 Å². The van der Waals surface area contributed by atoms with Gasteiger partial charge in [-0.05, 0) is 14.0 Å². The molecule has 1 aliphatic heterocycles. The molecule has 2 rings (SSSR count). The number of nitrogens with zero attached hydrogens (tertiary/aromatic N) is 3. The second kappa shape index (κ2) is 5.38. The maximum atomic E-state index is 5.62. The standard InChI is InChI=1S/C10H18N4O2/c1-8-12-10(16-13-8)7-14-3-4-15-9(6-14)5-11-2/h9,11H,3-7H2,1-2H3. The van der Waals surface area contributed by atoms with Crippen LogP contribution in [-0.4, -0.2) is 54.4 Å². The lowest BCUT2D eigenvalue weighted by Crippen LogP contribution is -2.45. The van der Waals surface area contributed by atoms with Crippen LogP contribution in [0.1, 0.15) is 11.7 Å². The number of nitrogens with one attached hydrogen (secondary N) is 1. The average Bonchev–Trinajstić information content (AvgIpc) is 2.65. The molecule has 90 valence electrons. The monoisotopic (exact) mass is 226 g/mol. The zero-order valence-electron chi connectivity index (χ0n) is 9.77. The van der Waals surface area contributed by atoms with Gasteiger partial charge in [0.1, 0.15) is 0 Å². The second-order valence-corrected chi connectivity index (χ2v) is 4.02. The van der Waals surface area contributed by atoms with Crippen LogP contribution in [-0.2, 0) is 11.3 Å². The lowest BCUT2D eigenvalue weighted by Gasteiger charge is -2.31. The zero-order chi connectivity index (χ0) is 11.4. The summed E-state index contributed by atoms with van der Waals surface area (Å²) in [6.45, 7) is 6.00. The maximum absolute atomic E-state index is 5.62. The molecule has 0 bridgehead atoms. The summed E-state index contributed by atoms with van der Waals surface area (Å²) in [5, 5.41) is 6.90. The van der Waals surface area contributed by atoms with E-state index in [1.807, 2.05) is 14.0 Å². The third-order valence-corrected chi connectivity index (χ3v) is 2.58. The molecule has 1 unspecified atom stereocenters. The summed E-state index contributed by atoms with van der Waals surface area (Å²) in [6, 6.07) is 0. The number of ether oxygens (including phenoxy) is 1. The number of aryl methyl sites for hydroxylation is 1. The van der Waals surface area contributed by atoms with E-state index in [-0.39, 0.29) is 6.10 Å². The van der Waals surface area contributed by atoms with E-state index in [2.05, 4.69) is 20.4 Å². The lowest BCUT2D eigenvalue weighted by molar-refractivity contribution is -0.0318. The topological polar surface area (TPSA) is 63.4 Å². The Hall–Kier alpha value is -0.980. The number of likely N-dealkylation sites (N-methyl/N-ethyl adjacent to an activating group) is 1. The Bertz CT molecular complexity index is 326. The number of aromatic nitrogens is 2. The van der Waals surface area contributed by atoms with Crippen LogP contribution in [0.25, 0.3) is 0 Å². The first kappa shape index (κ1) is 11.5. The van der Waals surface area contributed by atoms with Crippen LogP contribution in [0.3, 0.4) is 0 Å². The average molecular weight is 226 g/mol. The van der Waals surface area contributed by atoms with Crippen LogP contribution < -0.4 is 5.32 Å². The summed E-state index contributed by atoms with van der Waals surface area (Å²) in [4.78, 5) is 6.48. The van der Waals surface area contributed by atoms with Crippen molar-refractivity contribution in [1.29, 1.82) is 0 Å². The Balaban J connectivity index is 1.85. The normalized spacial score (nSPS) is 22.5. The van der Waals surface area contributed by atoms with Crippen LogP contribution in [0.2, 0.25) is 0 Å². The SMILES string of the molecule is CNCC1CN(Cc2nc(C)no2)CCO1. The van der Waals surface area contributed by atoms with Gasteiger partial charge in [-0.25, -0.2) is 0 Å². The van der Waals surface area contributed by atoms with Gasteiger partial charge in [0.25, 0.3) is 0 Å². The molecule has 1 fully saturated rings. The first-order valence-corrected chi connectivity index (χ1v) is 5.55. The summed E-state index contributed by atoms with van der Waals surface area (Å²) in [6.07, 6.45) is 0.253. The highest BCUT2D eigenvalue weighted by Gasteiger charge is 2.21. The second-order valence-electron chi connectivity index (χ2n) is 4.02. The van der Waals surface area contributed by atoms with Crippen molar-refractivity contribution in [2.45, 2.75) is 19.6 Å². The summed E-state index contributed by atoms with van der Waals surface area (Å²) >= 11 is 0. The molecule has 6 heteroatoms. The van der Waals surface area contributed by atoms with Gasteiger partial charge in [0.05, 0.1) is 19.3 Å². The molecule has 0 saturated carbocycles. The smallest absolute Gasteiger partial charge is 0.240 e. The van der Waals surface area contributed by atoms with E-state index in [0.717, 1.165) is 26.2 Å². The van der Waals surface area contributed by atoms with E-state index >= 15 is 0 Å². The maximum Gasteiger partial charge on any atom is 0.240 e. The van der Waals surface area contributed by atoms with Crippen molar-refractivity contribution >= 4 is 0 Å². The molecule has 1 aromatic heterocycles. The van der Waals surface area contributed by atoms with Gasteiger partial charge in [-0.2, -0.15) is 4.98 Å². The minimum Gasteiger partial charge on any atom is -0.374 e. The van der Waals surface area contributed by atoms with Crippen molar-refractivity contribution in [1.82, 2.24) is 20.4 Å². The Kier molecular flexibility index (Phi) is 3.87. The van der Waals surface area contributed by atoms with Crippen molar-refractivity contribution in [3.63, 3.8) is 0 Å². The van der Waals surface area contributed by atoms with E-state index in [0.29, 0.717) is 18.3 Å². The van der Waals surface area contributed by atoms with Crippen LogP contribution in [0.5, 0.6) is 0 Å². The van der Waals surface area contributed by atoms with Crippen molar-refractivity contribution in [2.24, 2.45) is 0 Å². The predicted molar refractivity (Wildman–Crippen MR) is 58.0 cm³/mol. The van der Waals surface area contributed by atoms with Crippen molar-refractivity contribution in [2.75, 3.05) is 33.3 Å². The van der Waals surface area contributed by atoms with Gasteiger partial charge in [-0.3, -0.25) is 4.90 Å². The first-order valence-electron chi connectivity index (χ1n) is 5.55. The van der Waals surface area contributed by atoms with Gasteiger partial charge >= 0.3 is 0 Å². The summed E-state index contributed by atoms with van der Waals surface area (Å²) in [7, 11) is 1.93. The number of morpholine rings is 1. The number of rotatable bonds is 4. The van der Waals surface area contributed by atoms with Crippen molar-refractivity contribution < 1.29 is 9.26 Å². The molecule has 16 heavy (non-hydrogen) atoms. The molecular formula is C10H18N4O2. The van der Waals surface area contributed by atoms with E-state index in [1.165, 1.54) is 0 Å². The molecule has 0 aliphatic carbocycles. The summed E-state index contributed by atoms with van der Waals surface area (Å²) in [5.74, 6) is 1.37. The molecule has 1 N–H and O–H groups in total. The minimum absolute atomic E-state index is 0.253. The van der Waals surface area contributed by atoms with Crippen LogP contribution >= 0.6 is 0 Å². The Morgan fingerprint density at radius 3 is 3.12 bits per heavy atom. The Labute approximate surface area is 95.0 Å². The highest BCUT2D eigenvalue weighted by Crippen LogP contribution is 2.08. The fourth-order valence-electron chi connectivity index (χ4n) is 1.87. The van der Waals surface area contributed by atoms with E-state index in [1.54, 1.807) is 0 Å². The largest absolute Gasteiger partial charge is 0.374 e.